The van der Waals surface area contributed by atoms with Gasteiger partial charge < -0.3 is 129 Å². The smallest absolute Gasteiger partial charge is 0.330 e. The summed E-state index contributed by atoms with van der Waals surface area (Å²) in [4.78, 5) is 48.9. The van der Waals surface area contributed by atoms with E-state index in [1.165, 1.54) is 61.7 Å². The largest absolute Gasteiger partial charge is 0.508 e. The Morgan fingerprint density at radius 2 is 1.12 bits per heavy atom. The number of aliphatic carboxylic acids is 1. The van der Waals surface area contributed by atoms with Gasteiger partial charge in [-0.2, -0.15) is 0 Å². The van der Waals surface area contributed by atoms with Crippen LogP contribution in [0.15, 0.2) is 108 Å². The van der Waals surface area contributed by atoms with Crippen molar-refractivity contribution in [2.75, 3.05) is 26.9 Å². The van der Waals surface area contributed by atoms with Crippen LogP contribution in [0.2, 0.25) is 0 Å². The van der Waals surface area contributed by atoms with Crippen LogP contribution in [0.5, 0.6) is 34.5 Å². The number of hydrogen-bond acceptors (Lipinski definition) is 29. The fraction of sp³-hybridized carbons (Fsp3) is 0.382. The first kappa shape index (κ1) is 62.5. The highest BCUT2D eigenvalue weighted by molar-refractivity contribution is 5.90. The molecule has 3 aromatic rings. The monoisotopic (exact) mass is 1200 g/mol. The molecular weight excluding hydrogens is 1140 g/mol. The highest BCUT2D eigenvalue weighted by atomic mass is 16.8. The van der Waals surface area contributed by atoms with Crippen LogP contribution >= 0.6 is 0 Å². The van der Waals surface area contributed by atoms with Crippen molar-refractivity contribution >= 4 is 41.8 Å². The molecule has 8 rings (SSSR count). The number of carbonyl (C=O) groups is 4. The molecule has 0 aromatic heterocycles. The Balaban J connectivity index is 1.11. The SMILES string of the molecule is COc1cc(/C=C/C(=O)OC[C@H]2O[C@@H](O[C@H]3[C@H](OC4=C(c5cc(O)c(O)c(O)c5)OC5C=C(O)C=C(O[C@@H]6O[C@H](COC(=O)CC(=O)O)[C@@H](O)[C@H](O)[C@H]6O)C5=C4)O[C@H](COC(=O)/C=C/c4ccc(O)cc4)[C@@H](O)[C@@H]3O)[C@H](O)[C@@H](O)[C@@H]2O)ccc1O. The lowest BCUT2D eigenvalue weighted by Crippen LogP contribution is -2.64. The maximum Gasteiger partial charge on any atom is 0.330 e. The molecule has 30 nitrogen and oxygen atoms in total. The van der Waals surface area contributed by atoms with E-state index in [2.05, 4.69) is 0 Å². The molecule has 15 N–H and O–H groups in total. The van der Waals surface area contributed by atoms with Crippen molar-refractivity contribution in [1.29, 1.82) is 0 Å². The minimum atomic E-state index is -2.23. The third kappa shape index (κ3) is 14.9. The number of esters is 3. The van der Waals surface area contributed by atoms with Crippen LogP contribution in [0.4, 0.5) is 0 Å². The van der Waals surface area contributed by atoms with E-state index in [1.807, 2.05) is 0 Å². The molecule has 1 unspecified atom stereocenters. The number of phenols is 5. The first-order chi connectivity index (χ1) is 40.4. The molecule has 4 aliphatic heterocycles. The van der Waals surface area contributed by atoms with Gasteiger partial charge in [-0.15, -0.1) is 0 Å². The molecule has 0 saturated carbocycles. The Labute approximate surface area is 479 Å². The zero-order valence-electron chi connectivity index (χ0n) is 44.1. The molecule has 5 aliphatic rings. The Kier molecular flexibility index (Phi) is 19.9. The first-order valence-electron chi connectivity index (χ1n) is 25.5. The van der Waals surface area contributed by atoms with E-state index in [9.17, 15) is 90.7 Å². The number of methoxy groups -OCH3 is 1. The summed E-state index contributed by atoms with van der Waals surface area (Å²) in [5.41, 5.74) is 0.372. The molecule has 3 aromatic carbocycles. The van der Waals surface area contributed by atoms with Gasteiger partial charge in [-0.1, -0.05) is 18.2 Å². The summed E-state index contributed by atoms with van der Waals surface area (Å²) in [5.74, 6) is -9.92. The zero-order valence-corrected chi connectivity index (χ0v) is 44.1. The Hall–Kier alpha value is -8.50. The van der Waals surface area contributed by atoms with Gasteiger partial charge in [-0.3, -0.25) is 9.59 Å². The van der Waals surface area contributed by atoms with Crippen molar-refractivity contribution in [3.05, 3.63) is 125 Å². The van der Waals surface area contributed by atoms with Crippen LogP contribution in [-0.4, -0.2) is 226 Å². The predicted octanol–water partition coefficient (Wildman–Crippen LogP) is -1.43. The maximum atomic E-state index is 13.0. The number of aliphatic hydroxyl groups excluding tert-OH is 9. The highest BCUT2D eigenvalue weighted by Gasteiger charge is 2.53. The number of carboxylic acids is 1. The molecule has 30 heteroatoms. The van der Waals surface area contributed by atoms with Gasteiger partial charge in [-0.25, -0.2) is 9.59 Å². The maximum absolute atomic E-state index is 13.0. The van der Waals surface area contributed by atoms with E-state index in [4.69, 9.17) is 57.2 Å². The summed E-state index contributed by atoms with van der Waals surface area (Å²) in [6.45, 7) is -2.52. The summed E-state index contributed by atoms with van der Waals surface area (Å²) in [7, 11) is 1.31. The van der Waals surface area contributed by atoms with Gasteiger partial charge in [0.2, 0.25) is 12.6 Å². The van der Waals surface area contributed by atoms with E-state index in [-0.39, 0.29) is 28.4 Å². The van der Waals surface area contributed by atoms with Gasteiger partial charge in [0.15, 0.2) is 52.7 Å². The molecule has 458 valence electrons. The Morgan fingerprint density at radius 3 is 1.72 bits per heavy atom. The van der Waals surface area contributed by atoms with Gasteiger partial charge in [0.1, 0.15) is 117 Å². The van der Waals surface area contributed by atoms with Gasteiger partial charge in [0.05, 0.1) is 7.11 Å². The lowest BCUT2D eigenvalue weighted by molar-refractivity contribution is -0.363. The van der Waals surface area contributed by atoms with E-state index in [0.717, 1.165) is 42.5 Å². The molecule has 85 heavy (non-hydrogen) atoms. The van der Waals surface area contributed by atoms with Crippen LogP contribution in [0.25, 0.3) is 17.9 Å². The van der Waals surface area contributed by atoms with Crippen molar-refractivity contribution in [2.24, 2.45) is 0 Å². The number of ether oxygens (including phenoxy) is 11. The number of aliphatic hydroxyl groups is 9. The summed E-state index contributed by atoms with van der Waals surface area (Å²) >= 11 is 0. The van der Waals surface area contributed by atoms with Crippen molar-refractivity contribution in [3.63, 3.8) is 0 Å². The third-order valence-corrected chi connectivity index (χ3v) is 13.4. The number of hydrogen-bond donors (Lipinski definition) is 15. The topological polar surface area (TPSA) is 473 Å². The molecule has 3 saturated heterocycles. The van der Waals surface area contributed by atoms with Crippen LogP contribution in [0.3, 0.4) is 0 Å². The fourth-order valence-corrected chi connectivity index (χ4v) is 8.92. The van der Waals surface area contributed by atoms with Crippen LogP contribution in [0.1, 0.15) is 23.1 Å². The summed E-state index contributed by atoms with van der Waals surface area (Å²) in [6.07, 6.45) is -25.2. The van der Waals surface area contributed by atoms with E-state index in [1.54, 1.807) is 0 Å². The summed E-state index contributed by atoms with van der Waals surface area (Å²) in [5, 5.41) is 161. The van der Waals surface area contributed by atoms with Gasteiger partial charge in [-0.05, 0) is 65.8 Å². The minimum absolute atomic E-state index is 0.0541. The average molecular weight is 1200 g/mol. The van der Waals surface area contributed by atoms with E-state index < -0.39 is 189 Å². The number of carboxylic acid groups (broad SMARTS) is 1. The Morgan fingerprint density at radius 1 is 0.576 bits per heavy atom. The second-order valence-corrected chi connectivity index (χ2v) is 19.4. The number of fused-ring (bicyclic) bond motifs is 1. The van der Waals surface area contributed by atoms with Crippen molar-refractivity contribution in [3.8, 4) is 34.5 Å². The van der Waals surface area contributed by atoms with Crippen molar-refractivity contribution in [2.45, 2.75) is 105 Å². The lowest BCUT2D eigenvalue weighted by atomic mass is 9.95. The van der Waals surface area contributed by atoms with E-state index >= 15 is 0 Å². The third-order valence-electron chi connectivity index (χ3n) is 13.4. The summed E-state index contributed by atoms with van der Waals surface area (Å²) in [6, 6.07) is 11.6. The molecular formula is C55H58O30. The zero-order chi connectivity index (χ0) is 61.6. The number of allylic oxidation sites excluding steroid dienone is 2. The van der Waals surface area contributed by atoms with Crippen LogP contribution in [-0.2, 0) is 66.5 Å². The fourth-order valence-electron chi connectivity index (χ4n) is 8.92. The van der Waals surface area contributed by atoms with Gasteiger partial charge >= 0.3 is 23.9 Å². The van der Waals surface area contributed by atoms with Crippen molar-refractivity contribution in [1.82, 2.24) is 0 Å². The molecule has 0 spiro atoms. The summed E-state index contributed by atoms with van der Waals surface area (Å²) < 4.78 is 62.7. The minimum Gasteiger partial charge on any atom is -0.508 e. The van der Waals surface area contributed by atoms with Crippen LogP contribution < -0.4 is 4.74 Å². The number of rotatable bonds is 20. The van der Waals surface area contributed by atoms with Crippen molar-refractivity contribution < 1.29 is 148 Å². The number of benzene rings is 3. The second-order valence-electron chi connectivity index (χ2n) is 19.4. The standard InChI is InChI=1S/C55H58O30/c1-75-33-12-23(4-9-28(33)58)6-11-40(64)76-19-35-43(67)47(71)50(74)54(83-35)85-52-48(72)45(69)37(20-77-39(63)10-5-22-2-7-25(56)8-3-22)84-55(52)81-34-17-27-31(79-51(34)24-13-29(59)42(66)30(60)14-24)15-26(57)16-32(27)80-53-49(73)46(70)44(68)36(82-53)21-78-41(65)18-38(61)62/h2-17,31,35-37,43-50,52-60,66-74H,18-21H2,1H3,(H,61,62)/b10-5+,11-6+/t31?,35-,36-,37-,43-,44-,45-,46+,47+,48+,49-,50-,52-,53-,54+,55-/m1/s1. The highest BCUT2D eigenvalue weighted by Crippen LogP contribution is 2.44. The molecule has 0 radical (unpaired) electrons. The second kappa shape index (κ2) is 27.0. The number of phenolic OH excluding ortho intramolecular Hbond substituents is 5. The quantitative estimate of drug-likeness (QED) is 0.0203. The Bertz CT molecular complexity index is 3110. The molecule has 0 bridgehead atoms. The number of carbonyl (C=O) groups excluding carboxylic acids is 3. The first-order valence-corrected chi connectivity index (χ1v) is 25.5. The van der Waals surface area contributed by atoms with Gasteiger partial charge in [0.25, 0.3) is 0 Å². The number of aromatic hydroxyl groups is 5. The normalized spacial score (nSPS) is 30.2. The van der Waals surface area contributed by atoms with Crippen LogP contribution in [0, 0.1) is 0 Å². The molecule has 3 fully saturated rings. The molecule has 1 aliphatic carbocycles. The van der Waals surface area contributed by atoms with Gasteiger partial charge in [0, 0.05) is 35.4 Å². The van der Waals surface area contributed by atoms with E-state index in [0.29, 0.717) is 11.1 Å². The molecule has 16 atom stereocenters. The lowest BCUT2D eigenvalue weighted by Gasteiger charge is -2.46. The average Bonchev–Trinajstić information content (AvgIpc) is 2.25. The molecule has 0 amide bonds. The predicted molar refractivity (Wildman–Crippen MR) is 277 cm³/mol. The molecule has 4 heterocycles.